The molecule has 1 N–H and O–H groups in total. The van der Waals surface area contributed by atoms with Gasteiger partial charge in [-0.15, -0.1) is 10.2 Å². The third-order valence-electron chi connectivity index (χ3n) is 3.40. The summed E-state index contributed by atoms with van der Waals surface area (Å²) in [6.45, 7) is 0. The van der Waals surface area contributed by atoms with Crippen molar-refractivity contribution in [2.45, 2.75) is 5.16 Å². The van der Waals surface area contributed by atoms with Gasteiger partial charge in [0.05, 0.1) is 11.4 Å². The lowest BCUT2D eigenvalue weighted by Crippen LogP contribution is -2.15. The molecule has 1 heterocycles. The number of benzene rings is 2. The molecule has 0 saturated carbocycles. The number of carbonyl (C=O) groups excluding carboxylic acids is 1. The maximum absolute atomic E-state index is 13.6. The Kier molecular flexibility index (Phi) is 5.35. The largest absolute Gasteiger partial charge is 0.323 e. The second-order valence-corrected chi connectivity index (χ2v) is 6.57. The van der Waals surface area contributed by atoms with Crippen LogP contribution in [0.15, 0.2) is 53.7 Å². The molecule has 8 heteroatoms. The van der Waals surface area contributed by atoms with Crippen molar-refractivity contribution < 1.29 is 9.18 Å². The monoisotopic (exact) mass is 376 g/mol. The van der Waals surface area contributed by atoms with Crippen molar-refractivity contribution in [3.63, 3.8) is 0 Å². The van der Waals surface area contributed by atoms with Gasteiger partial charge in [-0.25, -0.2) is 4.39 Å². The van der Waals surface area contributed by atoms with Crippen molar-refractivity contribution in [3.05, 3.63) is 59.4 Å². The van der Waals surface area contributed by atoms with Gasteiger partial charge < -0.3 is 9.88 Å². The van der Waals surface area contributed by atoms with Crippen LogP contribution in [0.25, 0.3) is 11.4 Å². The van der Waals surface area contributed by atoms with E-state index in [2.05, 4.69) is 15.5 Å². The van der Waals surface area contributed by atoms with Crippen LogP contribution in [0.1, 0.15) is 0 Å². The van der Waals surface area contributed by atoms with E-state index in [1.54, 1.807) is 0 Å². The maximum Gasteiger partial charge on any atom is 0.234 e. The quantitative estimate of drug-likeness (QED) is 0.683. The van der Waals surface area contributed by atoms with Gasteiger partial charge in [-0.05, 0) is 18.2 Å². The number of anilines is 1. The number of thioether (sulfide) groups is 1. The summed E-state index contributed by atoms with van der Waals surface area (Å²) in [5, 5.41) is 11.7. The number of halogens is 2. The number of nitrogens with one attached hydrogen (secondary N) is 1. The summed E-state index contributed by atoms with van der Waals surface area (Å²) in [5.74, 6) is -0.0974. The fourth-order valence-corrected chi connectivity index (χ4v) is 3.07. The van der Waals surface area contributed by atoms with Crippen LogP contribution in [0, 0.1) is 5.82 Å². The van der Waals surface area contributed by atoms with Gasteiger partial charge in [0.15, 0.2) is 11.0 Å². The van der Waals surface area contributed by atoms with Crippen LogP contribution in [0.4, 0.5) is 10.1 Å². The minimum atomic E-state index is -0.534. The van der Waals surface area contributed by atoms with Gasteiger partial charge in [-0.2, -0.15) is 0 Å². The highest BCUT2D eigenvalue weighted by atomic mass is 35.5. The first-order valence-electron chi connectivity index (χ1n) is 7.37. The summed E-state index contributed by atoms with van der Waals surface area (Å²) in [4.78, 5) is 12.0. The molecule has 0 unspecified atom stereocenters. The topological polar surface area (TPSA) is 59.8 Å². The van der Waals surface area contributed by atoms with Gasteiger partial charge in [0, 0.05) is 17.6 Å². The van der Waals surface area contributed by atoms with Crippen molar-refractivity contribution >= 4 is 35.0 Å². The Hall–Kier alpha value is -2.38. The molecule has 0 aliphatic rings. The molecule has 0 aliphatic heterocycles. The van der Waals surface area contributed by atoms with Gasteiger partial charge >= 0.3 is 0 Å². The number of amides is 1. The van der Waals surface area contributed by atoms with Crippen molar-refractivity contribution in [1.82, 2.24) is 14.8 Å². The zero-order valence-electron chi connectivity index (χ0n) is 13.2. The Balaban J connectivity index is 1.65. The predicted octanol–water partition coefficient (Wildman–Crippen LogP) is 4.01. The predicted molar refractivity (Wildman–Crippen MR) is 97.2 cm³/mol. The third kappa shape index (κ3) is 4.18. The molecule has 3 aromatic rings. The molecule has 0 bridgehead atoms. The van der Waals surface area contributed by atoms with Gasteiger partial charge in [-0.3, -0.25) is 4.79 Å². The van der Waals surface area contributed by atoms with Crippen molar-refractivity contribution in [2.24, 2.45) is 7.05 Å². The Labute approximate surface area is 153 Å². The second kappa shape index (κ2) is 7.67. The molecule has 1 aromatic heterocycles. The molecule has 0 spiro atoms. The third-order valence-corrected chi connectivity index (χ3v) is 4.66. The summed E-state index contributed by atoms with van der Waals surface area (Å²) in [7, 11) is 1.83. The van der Waals surface area contributed by atoms with E-state index in [0.29, 0.717) is 16.0 Å². The molecule has 0 aliphatic carbocycles. The van der Waals surface area contributed by atoms with Crippen LogP contribution < -0.4 is 5.32 Å². The molecule has 1 amide bonds. The highest BCUT2D eigenvalue weighted by molar-refractivity contribution is 7.99. The Morgan fingerprint density at radius 3 is 2.76 bits per heavy atom. The van der Waals surface area contributed by atoms with E-state index in [1.165, 1.54) is 30.0 Å². The molecule has 0 atom stereocenters. The van der Waals surface area contributed by atoms with E-state index in [-0.39, 0.29) is 17.3 Å². The van der Waals surface area contributed by atoms with E-state index >= 15 is 0 Å². The van der Waals surface area contributed by atoms with Crippen LogP contribution >= 0.6 is 23.4 Å². The highest BCUT2D eigenvalue weighted by Gasteiger charge is 2.13. The summed E-state index contributed by atoms with van der Waals surface area (Å²) < 4.78 is 15.5. The lowest BCUT2D eigenvalue weighted by molar-refractivity contribution is -0.113. The SMILES string of the molecule is Cn1c(SCC(=O)Nc2cc(Cl)ccc2F)nnc1-c1ccccc1. The molecule has 25 heavy (non-hydrogen) atoms. The molecule has 0 saturated heterocycles. The number of aromatic nitrogens is 3. The second-order valence-electron chi connectivity index (χ2n) is 5.19. The van der Waals surface area contributed by atoms with Crippen molar-refractivity contribution in [2.75, 3.05) is 11.1 Å². The minimum absolute atomic E-state index is 0.0565. The Morgan fingerprint density at radius 1 is 1.24 bits per heavy atom. The summed E-state index contributed by atoms with van der Waals surface area (Å²) in [6.07, 6.45) is 0. The lowest BCUT2D eigenvalue weighted by atomic mass is 10.2. The van der Waals surface area contributed by atoms with Crippen LogP contribution in [-0.2, 0) is 11.8 Å². The average Bonchev–Trinajstić information content (AvgIpc) is 2.98. The van der Waals surface area contributed by atoms with Gasteiger partial charge in [0.2, 0.25) is 5.91 Å². The highest BCUT2D eigenvalue weighted by Crippen LogP contribution is 2.23. The summed E-state index contributed by atoms with van der Waals surface area (Å²) >= 11 is 7.03. The zero-order chi connectivity index (χ0) is 17.8. The van der Waals surface area contributed by atoms with E-state index < -0.39 is 5.82 Å². The molecule has 0 fully saturated rings. The molecular weight excluding hydrogens is 363 g/mol. The Morgan fingerprint density at radius 2 is 2.00 bits per heavy atom. The fraction of sp³-hybridized carbons (Fsp3) is 0.118. The number of carbonyl (C=O) groups is 1. The van der Waals surface area contributed by atoms with Gasteiger partial charge in [0.25, 0.3) is 0 Å². The first-order chi connectivity index (χ1) is 12.0. The zero-order valence-corrected chi connectivity index (χ0v) is 14.8. The Bertz CT molecular complexity index is 901. The minimum Gasteiger partial charge on any atom is -0.323 e. The smallest absolute Gasteiger partial charge is 0.234 e. The van der Waals surface area contributed by atoms with Gasteiger partial charge in [-0.1, -0.05) is 53.7 Å². The molecule has 128 valence electrons. The van der Waals surface area contributed by atoms with E-state index in [9.17, 15) is 9.18 Å². The van der Waals surface area contributed by atoms with Crippen LogP contribution in [0.2, 0.25) is 5.02 Å². The number of hydrogen-bond donors (Lipinski definition) is 1. The van der Waals surface area contributed by atoms with Crippen LogP contribution in [0.5, 0.6) is 0 Å². The summed E-state index contributed by atoms with van der Waals surface area (Å²) in [6, 6.07) is 13.6. The molecule has 0 radical (unpaired) electrons. The normalized spacial score (nSPS) is 10.7. The molecule has 2 aromatic carbocycles. The van der Waals surface area contributed by atoms with Crippen molar-refractivity contribution in [1.29, 1.82) is 0 Å². The van der Waals surface area contributed by atoms with E-state index in [4.69, 9.17) is 11.6 Å². The number of nitrogens with zero attached hydrogens (tertiary/aromatic N) is 3. The number of rotatable bonds is 5. The van der Waals surface area contributed by atoms with E-state index in [1.807, 2.05) is 41.9 Å². The average molecular weight is 377 g/mol. The molecule has 5 nitrogen and oxygen atoms in total. The van der Waals surface area contributed by atoms with E-state index in [0.717, 1.165) is 5.56 Å². The first-order valence-corrected chi connectivity index (χ1v) is 8.73. The van der Waals surface area contributed by atoms with Crippen LogP contribution in [-0.4, -0.2) is 26.4 Å². The van der Waals surface area contributed by atoms with Crippen molar-refractivity contribution in [3.8, 4) is 11.4 Å². The fourth-order valence-electron chi connectivity index (χ4n) is 2.19. The first kappa shape index (κ1) is 17.4. The number of hydrogen-bond acceptors (Lipinski definition) is 4. The summed E-state index contributed by atoms with van der Waals surface area (Å²) in [5.41, 5.74) is 0.996. The van der Waals surface area contributed by atoms with Gasteiger partial charge in [0.1, 0.15) is 5.82 Å². The molecule has 3 rings (SSSR count). The maximum atomic E-state index is 13.6. The molecular formula is C17H14ClFN4OS. The van der Waals surface area contributed by atoms with Crippen LogP contribution in [0.3, 0.4) is 0 Å². The standard InChI is InChI=1S/C17H14ClFN4OS/c1-23-16(11-5-3-2-4-6-11)21-22-17(23)25-10-15(24)20-14-9-12(18)7-8-13(14)19/h2-9H,10H2,1H3,(H,20,24). The lowest BCUT2D eigenvalue weighted by Gasteiger charge is -2.07.